The van der Waals surface area contributed by atoms with Gasteiger partial charge in [-0.3, -0.25) is 34.8 Å². The van der Waals surface area contributed by atoms with E-state index in [1.54, 1.807) is 78.0 Å². The van der Waals surface area contributed by atoms with Gasteiger partial charge in [0, 0.05) is 25.9 Å². The fourth-order valence-corrected chi connectivity index (χ4v) is 4.77. The van der Waals surface area contributed by atoms with Crippen molar-refractivity contribution < 1.29 is 47.7 Å². The van der Waals surface area contributed by atoms with Gasteiger partial charge in [0.25, 0.3) is 0 Å². The van der Waals surface area contributed by atoms with Gasteiger partial charge in [-0.1, -0.05) is 24.3 Å². The molecule has 16 nitrogen and oxygen atoms in total. The molecule has 0 saturated heterocycles. The monoisotopic (exact) mass is 730 g/mol. The first-order valence-electron chi connectivity index (χ1n) is 17.2. The number of rotatable bonds is 8. The molecule has 5 N–H and O–H groups in total. The summed E-state index contributed by atoms with van der Waals surface area (Å²) in [5, 5.41) is 13.1. The molecule has 3 rings (SSSR count). The summed E-state index contributed by atoms with van der Waals surface area (Å²) in [6.07, 6.45) is 3.08. The van der Waals surface area contributed by atoms with Crippen LogP contribution in [-0.2, 0) is 39.8 Å². The van der Waals surface area contributed by atoms with Crippen molar-refractivity contribution >= 4 is 41.8 Å². The molecule has 0 aromatic heterocycles. The summed E-state index contributed by atoms with van der Waals surface area (Å²) < 4.78 is 21.1. The number of esters is 1. The van der Waals surface area contributed by atoms with Gasteiger partial charge in [0.05, 0.1) is 13.5 Å². The largest absolute Gasteiger partial charge is 0.490 e. The zero-order valence-corrected chi connectivity index (χ0v) is 31.4. The lowest BCUT2D eigenvalue weighted by molar-refractivity contribution is -0.141. The van der Waals surface area contributed by atoms with Crippen LogP contribution in [-0.4, -0.2) is 91.4 Å². The molecule has 2 bridgehead atoms. The number of carbonyl (C=O) groups is 6. The predicted octanol–water partition coefficient (Wildman–Crippen LogP) is 3.18. The highest BCUT2D eigenvalue weighted by Crippen LogP contribution is 2.15. The number of nitrogens with one attached hydrogen (secondary N) is 5. The first kappa shape index (κ1) is 43.0. The molecule has 0 spiro atoms. The third-order valence-corrected chi connectivity index (χ3v) is 7.02. The van der Waals surface area contributed by atoms with Crippen LogP contribution >= 0.6 is 0 Å². The van der Waals surface area contributed by atoms with Crippen LogP contribution in [0.4, 0.5) is 9.59 Å². The molecule has 0 aliphatic carbocycles. The smallest absolute Gasteiger partial charge is 0.414 e. The summed E-state index contributed by atoms with van der Waals surface area (Å²) in [5.74, 6) is -1.65. The summed E-state index contributed by atoms with van der Waals surface area (Å²) >= 11 is 0. The van der Waals surface area contributed by atoms with E-state index >= 15 is 0 Å². The molecule has 0 unspecified atom stereocenters. The number of hydrogen-bond donors (Lipinski definition) is 5. The number of amides is 5. The third-order valence-electron chi connectivity index (χ3n) is 7.02. The Bertz CT molecular complexity index is 1410. The Morgan fingerprint density at radius 2 is 1.50 bits per heavy atom. The lowest BCUT2D eigenvalue weighted by Crippen LogP contribution is -2.55. The van der Waals surface area contributed by atoms with E-state index in [1.165, 1.54) is 14.0 Å². The van der Waals surface area contributed by atoms with Crippen LogP contribution in [0, 0.1) is 0 Å². The van der Waals surface area contributed by atoms with E-state index in [-0.39, 0.29) is 44.8 Å². The Balaban J connectivity index is 2.29. The summed E-state index contributed by atoms with van der Waals surface area (Å²) in [6.45, 7) is 11.8. The number of carbonyl (C=O) groups excluding carboxylic acids is 6. The molecule has 0 radical (unpaired) electrons. The fourth-order valence-electron chi connectivity index (χ4n) is 4.77. The highest BCUT2D eigenvalue weighted by Gasteiger charge is 2.28. The number of nitrogens with zero attached hydrogens (tertiary/aromatic N) is 1. The van der Waals surface area contributed by atoms with Crippen LogP contribution in [0.2, 0.25) is 0 Å². The molecule has 0 saturated carbocycles. The number of fused-ring (bicyclic) bond motifs is 13. The van der Waals surface area contributed by atoms with Crippen molar-refractivity contribution in [1.29, 1.82) is 0 Å². The van der Waals surface area contributed by atoms with Gasteiger partial charge in [-0.25, -0.2) is 9.59 Å². The molecule has 1 aromatic carbocycles. The minimum absolute atomic E-state index is 0.103. The Kier molecular flexibility index (Phi) is 17.1. The van der Waals surface area contributed by atoms with E-state index in [4.69, 9.17) is 18.9 Å². The second-order valence-corrected chi connectivity index (χ2v) is 14.1. The van der Waals surface area contributed by atoms with Gasteiger partial charge in [0.1, 0.15) is 35.6 Å². The van der Waals surface area contributed by atoms with Gasteiger partial charge in [-0.15, -0.1) is 0 Å². The van der Waals surface area contributed by atoms with Gasteiger partial charge < -0.3 is 34.9 Å². The van der Waals surface area contributed by atoms with E-state index in [9.17, 15) is 28.8 Å². The maximum atomic E-state index is 13.7. The Labute approximate surface area is 305 Å². The maximum Gasteiger partial charge on any atom is 0.414 e. The molecule has 3 atom stereocenters. The fraction of sp³-hybridized carbons (Fsp3) is 0.583. The van der Waals surface area contributed by atoms with Crippen molar-refractivity contribution in [2.75, 3.05) is 20.3 Å². The number of unbranched alkanes of at least 4 members (excludes halogenated alkanes) is 1. The lowest BCUT2D eigenvalue weighted by Gasteiger charge is -2.25. The zero-order valence-electron chi connectivity index (χ0n) is 31.4. The molecule has 288 valence electrons. The van der Waals surface area contributed by atoms with Gasteiger partial charge in [-0.2, -0.15) is 0 Å². The Hall–Kier alpha value is -5.15. The van der Waals surface area contributed by atoms with Crippen LogP contribution in [0.25, 0.3) is 0 Å². The molecule has 1 aromatic rings. The number of alkyl carbamates (subject to hydrolysis) is 2. The van der Waals surface area contributed by atoms with E-state index in [1.807, 2.05) is 0 Å². The van der Waals surface area contributed by atoms with Crippen molar-refractivity contribution in [3.05, 3.63) is 42.0 Å². The maximum absolute atomic E-state index is 13.7. The lowest BCUT2D eigenvalue weighted by atomic mass is 10.0. The number of ether oxygens (including phenoxy) is 4. The van der Waals surface area contributed by atoms with Crippen LogP contribution in [0.3, 0.4) is 0 Å². The first-order valence-corrected chi connectivity index (χ1v) is 17.2. The van der Waals surface area contributed by atoms with Gasteiger partial charge in [-0.05, 0) is 84.9 Å². The van der Waals surface area contributed by atoms with Crippen molar-refractivity contribution in [2.45, 2.75) is 116 Å². The van der Waals surface area contributed by atoms with Crippen molar-refractivity contribution in [3.63, 3.8) is 0 Å². The van der Waals surface area contributed by atoms with E-state index in [2.05, 4.69) is 31.6 Å². The molecule has 0 fully saturated rings. The second kappa shape index (κ2) is 20.6. The average molecular weight is 731 g/mol. The van der Waals surface area contributed by atoms with Crippen molar-refractivity contribution in [3.8, 4) is 5.75 Å². The Morgan fingerprint density at radius 1 is 0.885 bits per heavy atom. The van der Waals surface area contributed by atoms with Gasteiger partial charge in [0.15, 0.2) is 0 Å². The molecule has 2 aliphatic rings. The Morgan fingerprint density at radius 3 is 2.06 bits per heavy atom. The summed E-state index contributed by atoms with van der Waals surface area (Å²) in [7, 11) is 1.25. The molecule has 16 heteroatoms. The molecular formula is C36H54N6O10. The highest BCUT2D eigenvalue weighted by molar-refractivity contribution is 6.01. The predicted molar refractivity (Wildman–Crippen MR) is 192 cm³/mol. The van der Waals surface area contributed by atoms with Crippen LogP contribution < -0.4 is 31.3 Å². The van der Waals surface area contributed by atoms with Gasteiger partial charge in [0.2, 0.25) is 23.7 Å². The van der Waals surface area contributed by atoms with E-state index in [0.29, 0.717) is 18.6 Å². The second-order valence-electron chi connectivity index (χ2n) is 14.1. The number of benzene rings is 1. The molecule has 5 amide bonds. The third kappa shape index (κ3) is 18.2. The normalized spacial score (nSPS) is 18.3. The number of aliphatic imine (C=N–C) groups is 1. The molecule has 2 heterocycles. The number of hydrogen-bond acceptors (Lipinski definition) is 11. The number of guanidine groups is 1. The quantitative estimate of drug-likeness (QED) is 0.0658. The zero-order chi connectivity index (χ0) is 38.9. The SMILES string of the molecule is COC(=O)C[C@@H]1CC=CCOc2ccc(cc2)C[C@H](NC(C)=O)C(=O)N[C@@H](CCCCN=C(NC(=O)OC(C)(C)C)NC(=O)OC(C)(C)C)C(=O)N1. The summed E-state index contributed by atoms with van der Waals surface area (Å²) in [6, 6.07) is 4.40. The summed E-state index contributed by atoms with van der Waals surface area (Å²) in [5.41, 5.74) is -0.853. The standard InChI is InChI=1S/C36H54N6O10/c1-23(43)38-28-21-24-15-17-26(18-16-24)50-20-12-10-13-25(22-29(44)49-8)39-30(45)27(40-31(28)46)14-9-11-19-37-32(41-33(47)51-35(2,3)4)42-34(48)52-36(5,6)7/h10,12,15-18,25,27-28H,9,11,13-14,19-22H2,1-8H3,(H,38,43)(H,39,45)(H,40,46)(H2,37,41,42,47,48)/t25-,27-,28-/m0/s1. The van der Waals surface area contributed by atoms with E-state index < -0.39 is 65.2 Å². The summed E-state index contributed by atoms with van der Waals surface area (Å²) in [4.78, 5) is 80.7. The van der Waals surface area contributed by atoms with Crippen LogP contribution in [0.5, 0.6) is 5.75 Å². The van der Waals surface area contributed by atoms with Crippen molar-refractivity contribution in [1.82, 2.24) is 26.6 Å². The topological polar surface area (TPSA) is 212 Å². The molecular weight excluding hydrogens is 676 g/mol. The van der Waals surface area contributed by atoms with Crippen LogP contribution in [0.15, 0.2) is 41.4 Å². The highest BCUT2D eigenvalue weighted by atomic mass is 16.6. The van der Waals surface area contributed by atoms with E-state index in [0.717, 1.165) is 5.56 Å². The minimum Gasteiger partial charge on any atom is -0.490 e. The average Bonchev–Trinajstić information content (AvgIpc) is 3.01. The minimum atomic E-state index is -1.06. The van der Waals surface area contributed by atoms with Crippen molar-refractivity contribution in [2.24, 2.45) is 4.99 Å². The molecule has 2 aliphatic heterocycles. The first-order chi connectivity index (χ1) is 24.3. The number of methoxy groups -OCH3 is 1. The molecule has 52 heavy (non-hydrogen) atoms. The van der Waals surface area contributed by atoms with Crippen LogP contribution in [0.1, 0.15) is 86.1 Å². The van der Waals surface area contributed by atoms with Gasteiger partial charge >= 0.3 is 18.2 Å².